The summed E-state index contributed by atoms with van der Waals surface area (Å²) in [6.45, 7) is 6.52. The van der Waals surface area contributed by atoms with Gasteiger partial charge in [0.05, 0.1) is 17.9 Å². The summed E-state index contributed by atoms with van der Waals surface area (Å²) in [4.78, 5) is 4.45. The van der Waals surface area contributed by atoms with E-state index in [0.29, 0.717) is 13.0 Å². The fourth-order valence-electron chi connectivity index (χ4n) is 2.94. The van der Waals surface area contributed by atoms with Gasteiger partial charge in [-0.1, -0.05) is 26.0 Å². The molecule has 4 nitrogen and oxygen atoms in total. The van der Waals surface area contributed by atoms with E-state index >= 15 is 0 Å². The zero-order valence-electron chi connectivity index (χ0n) is 15.5. The van der Waals surface area contributed by atoms with Crippen molar-refractivity contribution in [2.75, 3.05) is 18.5 Å². The molecule has 1 heterocycles. The number of aliphatic hydroxyl groups excluding tert-OH is 1. The first kappa shape index (κ1) is 20.8. The van der Waals surface area contributed by atoms with Crippen LogP contribution in [0.15, 0.2) is 35.3 Å². The van der Waals surface area contributed by atoms with Crippen molar-refractivity contribution in [1.82, 2.24) is 0 Å². The van der Waals surface area contributed by atoms with Crippen LogP contribution in [0, 0.1) is 6.92 Å². The highest BCUT2D eigenvalue weighted by atomic mass is 19.4. The van der Waals surface area contributed by atoms with E-state index in [9.17, 15) is 18.3 Å². The minimum absolute atomic E-state index is 0.0195. The minimum Gasteiger partial charge on any atom is -0.406 e. The van der Waals surface area contributed by atoms with Gasteiger partial charge in [-0.05, 0) is 48.2 Å². The lowest BCUT2D eigenvalue weighted by Gasteiger charge is -2.22. The first-order chi connectivity index (χ1) is 12.9. The molecule has 27 heavy (non-hydrogen) atoms. The summed E-state index contributed by atoms with van der Waals surface area (Å²) in [7, 11) is 0. The number of nitrogens with zero attached hydrogens (tertiary/aromatic N) is 1. The largest absolute Gasteiger partial charge is 0.573 e. The van der Waals surface area contributed by atoms with Gasteiger partial charge in [0.15, 0.2) is 0 Å². The summed E-state index contributed by atoms with van der Waals surface area (Å²) in [5.41, 5.74) is 5.13. The fourth-order valence-corrected chi connectivity index (χ4v) is 2.94. The molecule has 3 rings (SSSR count). The van der Waals surface area contributed by atoms with Gasteiger partial charge in [-0.2, -0.15) is 0 Å². The molecule has 2 aromatic carbocycles. The van der Waals surface area contributed by atoms with Crippen LogP contribution < -0.4 is 10.1 Å². The molecule has 0 atom stereocenters. The van der Waals surface area contributed by atoms with Crippen LogP contribution >= 0.6 is 0 Å². The molecule has 0 saturated carbocycles. The van der Waals surface area contributed by atoms with Crippen LogP contribution in [0.4, 0.5) is 24.5 Å². The summed E-state index contributed by atoms with van der Waals surface area (Å²) >= 11 is 0. The molecule has 0 unspecified atom stereocenters. The number of fused-ring (bicyclic) bond motifs is 1. The average Bonchev–Trinajstić information content (AvgIpc) is 2.65. The molecule has 2 N–H and O–H groups in total. The number of anilines is 1. The summed E-state index contributed by atoms with van der Waals surface area (Å²) in [5, 5.41) is 12.5. The lowest BCUT2D eigenvalue weighted by molar-refractivity contribution is -0.274. The number of nitrogens with one attached hydrogen (secondary N) is 1. The number of halogens is 3. The predicted octanol–water partition coefficient (Wildman–Crippen LogP) is 5.25. The van der Waals surface area contributed by atoms with Crippen molar-refractivity contribution in [3.8, 4) is 16.9 Å². The van der Waals surface area contributed by atoms with Crippen LogP contribution in [0.5, 0.6) is 5.75 Å². The van der Waals surface area contributed by atoms with Crippen LogP contribution in [-0.4, -0.2) is 30.8 Å². The van der Waals surface area contributed by atoms with Crippen molar-refractivity contribution in [3.05, 3.63) is 41.5 Å². The first-order valence-electron chi connectivity index (χ1n) is 8.79. The molecule has 1 aliphatic heterocycles. The highest BCUT2D eigenvalue weighted by molar-refractivity contribution is 5.93. The van der Waals surface area contributed by atoms with Gasteiger partial charge < -0.3 is 15.2 Å². The van der Waals surface area contributed by atoms with Crippen LogP contribution in [0.1, 0.15) is 25.0 Å². The van der Waals surface area contributed by atoms with Gasteiger partial charge >= 0.3 is 6.36 Å². The molecule has 0 aliphatic carbocycles. The number of rotatable bonds is 4. The molecule has 1 aliphatic rings. The normalized spacial score (nSPS) is 12.6. The molecule has 0 radical (unpaired) electrons. The highest BCUT2D eigenvalue weighted by Crippen LogP contribution is 2.42. The third-order valence-electron chi connectivity index (χ3n) is 3.98. The van der Waals surface area contributed by atoms with E-state index in [1.54, 1.807) is 18.3 Å². The predicted molar refractivity (Wildman–Crippen MR) is 102 cm³/mol. The van der Waals surface area contributed by atoms with E-state index in [2.05, 4.69) is 15.0 Å². The van der Waals surface area contributed by atoms with E-state index in [0.717, 1.165) is 33.6 Å². The van der Waals surface area contributed by atoms with Gasteiger partial charge in [0.2, 0.25) is 0 Å². The zero-order valence-corrected chi connectivity index (χ0v) is 15.5. The number of alkyl halides is 3. The maximum absolute atomic E-state index is 12.3. The number of ether oxygens (including phenoxy) is 1. The molecular weight excluding hydrogens is 357 g/mol. The molecule has 0 spiro atoms. The van der Waals surface area contributed by atoms with Crippen molar-refractivity contribution in [3.63, 3.8) is 0 Å². The van der Waals surface area contributed by atoms with E-state index in [1.807, 2.05) is 26.8 Å². The first-order valence-corrected chi connectivity index (χ1v) is 8.79. The number of benzene rings is 2. The molecule has 146 valence electrons. The Morgan fingerprint density at radius 3 is 2.44 bits per heavy atom. The number of aryl methyl sites for hydroxylation is 1. The van der Waals surface area contributed by atoms with Crippen molar-refractivity contribution < 1.29 is 23.0 Å². The third kappa shape index (κ3) is 5.01. The molecular formula is C20H23F3N2O2. The van der Waals surface area contributed by atoms with E-state index in [4.69, 9.17) is 0 Å². The molecule has 0 bridgehead atoms. The second kappa shape index (κ2) is 8.90. The minimum atomic E-state index is -4.71. The summed E-state index contributed by atoms with van der Waals surface area (Å²) in [6.07, 6.45) is -2.46. The third-order valence-corrected chi connectivity index (χ3v) is 3.98. The van der Waals surface area contributed by atoms with Gasteiger partial charge in [0, 0.05) is 18.4 Å². The monoisotopic (exact) mass is 380 g/mol. The van der Waals surface area contributed by atoms with Gasteiger partial charge in [0.25, 0.3) is 0 Å². The molecule has 2 aromatic rings. The number of aliphatic hydroxyl groups is 1. The van der Waals surface area contributed by atoms with Crippen molar-refractivity contribution in [2.24, 2.45) is 4.99 Å². The molecule has 0 fully saturated rings. The van der Waals surface area contributed by atoms with Crippen molar-refractivity contribution in [2.45, 2.75) is 33.6 Å². The Morgan fingerprint density at radius 1 is 1.19 bits per heavy atom. The zero-order chi connectivity index (χ0) is 20.0. The standard InChI is InChI=1S/C18H17F3N2O2.C2H6/c1-11-10-15(12-2-4-13(5-3-12)25-18(19,20)21)17-16(14(11)6-9-24)22-7-8-23-17;1-2/h2-5,7,10,23-24H,6,8-9H2,1H3;1-2H3. The number of hydrogen-bond acceptors (Lipinski definition) is 4. The van der Waals surface area contributed by atoms with Gasteiger partial charge in [-0.25, -0.2) is 0 Å². The van der Waals surface area contributed by atoms with E-state index in [-0.39, 0.29) is 12.4 Å². The van der Waals surface area contributed by atoms with Crippen molar-refractivity contribution in [1.29, 1.82) is 0 Å². The maximum atomic E-state index is 12.3. The second-order valence-electron chi connectivity index (χ2n) is 5.68. The lowest BCUT2D eigenvalue weighted by atomic mass is 9.93. The molecule has 0 aromatic heterocycles. The van der Waals surface area contributed by atoms with Gasteiger partial charge in [0.1, 0.15) is 5.75 Å². The number of aliphatic imine (C=N–C) groups is 1. The van der Waals surface area contributed by atoms with E-state index < -0.39 is 6.36 Å². The summed E-state index contributed by atoms with van der Waals surface area (Å²) in [5.74, 6) is -0.260. The Balaban J connectivity index is 0.00000126. The summed E-state index contributed by atoms with van der Waals surface area (Å²) in [6, 6.07) is 7.71. The fraction of sp³-hybridized carbons (Fsp3) is 0.350. The van der Waals surface area contributed by atoms with E-state index in [1.165, 1.54) is 12.1 Å². The summed E-state index contributed by atoms with van der Waals surface area (Å²) < 4.78 is 40.8. The number of hydrogen-bond donors (Lipinski definition) is 2. The molecule has 0 amide bonds. The molecule has 7 heteroatoms. The Bertz CT molecular complexity index is 800. The smallest absolute Gasteiger partial charge is 0.406 e. The Labute approximate surface area is 156 Å². The van der Waals surface area contributed by atoms with Crippen LogP contribution in [0.2, 0.25) is 0 Å². The lowest BCUT2D eigenvalue weighted by Crippen LogP contribution is -2.17. The second-order valence-corrected chi connectivity index (χ2v) is 5.68. The SMILES string of the molecule is CC.Cc1cc(-c2ccc(OC(F)(F)F)cc2)c2c(c1CCO)N=CCN2. The van der Waals surface area contributed by atoms with Gasteiger partial charge in [-0.15, -0.1) is 13.2 Å². The van der Waals surface area contributed by atoms with Crippen LogP contribution in [0.3, 0.4) is 0 Å². The van der Waals surface area contributed by atoms with Crippen LogP contribution in [-0.2, 0) is 6.42 Å². The maximum Gasteiger partial charge on any atom is 0.573 e. The quantitative estimate of drug-likeness (QED) is 0.762. The van der Waals surface area contributed by atoms with Crippen LogP contribution in [0.25, 0.3) is 11.1 Å². The topological polar surface area (TPSA) is 53.9 Å². The average molecular weight is 380 g/mol. The van der Waals surface area contributed by atoms with Crippen molar-refractivity contribution >= 4 is 17.6 Å². The Hall–Kier alpha value is -2.54. The Morgan fingerprint density at radius 2 is 1.85 bits per heavy atom. The molecule has 0 saturated heterocycles. The Kier molecular flexibility index (Phi) is 6.85. The highest BCUT2D eigenvalue weighted by Gasteiger charge is 2.31. The van der Waals surface area contributed by atoms with Gasteiger partial charge in [-0.3, -0.25) is 4.99 Å².